The van der Waals surface area contributed by atoms with Crippen LogP contribution in [-0.2, 0) is 0 Å². The van der Waals surface area contributed by atoms with Gasteiger partial charge in [0, 0.05) is 19.8 Å². The molecule has 0 saturated heterocycles. The minimum atomic E-state index is -0.592. The lowest BCUT2D eigenvalue weighted by Gasteiger charge is -2.21. The van der Waals surface area contributed by atoms with Crippen LogP contribution in [0.1, 0.15) is 42.5 Å². The van der Waals surface area contributed by atoms with Crippen molar-refractivity contribution in [2.75, 3.05) is 18.9 Å². The lowest BCUT2D eigenvalue weighted by Crippen LogP contribution is -2.31. The molecule has 0 spiro atoms. The van der Waals surface area contributed by atoms with Gasteiger partial charge in [0.2, 0.25) is 0 Å². The minimum absolute atomic E-state index is 0.0511. The normalized spacial score (nSPS) is 16.1. The number of pyridine rings is 1. The number of rotatable bonds is 4. The molecular formula is C14H20FN3O. The Labute approximate surface area is 112 Å². The Morgan fingerprint density at radius 2 is 2.16 bits per heavy atom. The molecule has 1 fully saturated rings. The van der Waals surface area contributed by atoms with E-state index in [1.165, 1.54) is 31.5 Å². The topological polar surface area (TPSA) is 54.0 Å². The van der Waals surface area contributed by atoms with Crippen LogP contribution in [0, 0.1) is 11.7 Å². The molecule has 104 valence electrons. The van der Waals surface area contributed by atoms with Crippen molar-refractivity contribution in [1.82, 2.24) is 10.3 Å². The van der Waals surface area contributed by atoms with Gasteiger partial charge in [-0.05, 0) is 24.8 Å². The molecule has 1 saturated carbocycles. The van der Waals surface area contributed by atoms with E-state index in [9.17, 15) is 9.18 Å². The number of hydrogen-bond acceptors (Lipinski definition) is 3. The van der Waals surface area contributed by atoms with Crippen molar-refractivity contribution in [3.8, 4) is 0 Å². The Bertz CT molecular complexity index is 444. The van der Waals surface area contributed by atoms with Gasteiger partial charge in [0.15, 0.2) is 11.6 Å². The molecule has 4 nitrogen and oxygen atoms in total. The first kappa shape index (κ1) is 13.8. The van der Waals surface area contributed by atoms with E-state index in [0.29, 0.717) is 12.5 Å². The predicted molar refractivity (Wildman–Crippen MR) is 72.6 cm³/mol. The summed E-state index contributed by atoms with van der Waals surface area (Å²) in [6.45, 7) is 0.634. The molecule has 5 heteroatoms. The highest BCUT2D eigenvalue weighted by Gasteiger charge is 2.18. The van der Waals surface area contributed by atoms with Crippen molar-refractivity contribution in [3.63, 3.8) is 0 Å². The van der Waals surface area contributed by atoms with E-state index in [1.807, 2.05) is 0 Å². The van der Waals surface area contributed by atoms with Gasteiger partial charge in [-0.2, -0.15) is 0 Å². The van der Waals surface area contributed by atoms with Crippen LogP contribution in [0.15, 0.2) is 12.3 Å². The van der Waals surface area contributed by atoms with E-state index in [-0.39, 0.29) is 17.3 Å². The molecule has 19 heavy (non-hydrogen) atoms. The first-order valence-electron chi connectivity index (χ1n) is 6.83. The van der Waals surface area contributed by atoms with Crippen molar-refractivity contribution in [1.29, 1.82) is 0 Å². The standard InChI is InChI=1S/C14H20FN3O/c1-16-13-12(15)11(7-8-17-13)14(19)18-9-10-5-3-2-4-6-10/h7-8,10H,2-6,9H2,1H3,(H,16,17)(H,18,19). The third kappa shape index (κ3) is 3.43. The fraction of sp³-hybridized carbons (Fsp3) is 0.571. The summed E-state index contributed by atoms with van der Waals surface area (Å²) in [4.78, 5) is 15.8. The van der Waals surface area contributed by atoms with Gasteiger partial charge in [0.1, 0.15) is 0 Å². The maximum Gasteiger partial charge on any atom is 0.254 e. The maximum atomic E-state index is 13.9. The molecule has 0 aromatic carbocycles. The monoisotopic (exact) mass is 265 g/mol. The predicted octanol–water partition coefficient (Wildman–Crippen LogP) is 2.57. The van der Waals surface area contributed by atoms with Crippen LogP contribution in [0.5, 0.6) is 0 Å². The van der Waals surface area contributed by atoms with E-state index in [4.69, 9.17) is 0 Å². The molecule has 0 unspecified atom stereocenters. The zero-order valence-electron chi connectivity index (χ0n) is 11.2. The smallest absolute Gasteiger partial charge is 0.254 e. The quantitative estimate of drug-likeness (QED) is 0.879. The van der Waals surface area contributed by atoms with E-state index in [2.05, 4.69) is 15.6 Å². The van der Waals surface area contributed by atoms with E-state index >= 15 is 0 Å². The first-order valence-corrected chi connectivity index (χ1v) is 6.83. The van der Waals surface area contributed by atoms with Crippen LogP contribution in [0.25, 0.3) is 0 Å². The van der Waals surface area contributed by atoms with E-state index in [0.717, 1.165) is 12.8 Å². The van der Waals surface area contributed by atoms with Gasteiger partial charge in [-0.1, -0.05) is 19.3 Å². The summed E-state index contributed by atoms with van der Waals surface area (Å²) in [6.07, 6.45) is 7.49. The Morgan fingerprint density at radius 3 is 2.84 bits per heavy atom. The molecule has 0 bridgehead atoms. The summed E-state index contributed by atoms with van der Waals surface area (Å²) < 4.78 is 13.9. The lowest BCUT2D eigenvalue weighted by molar-refractivity contribution is 0.0939. The summed E-state index contributed by atoms with van der Waals surface area (Å²) >= 11 is 0. The fourth-order valence-corrected chi connectivity index (χ4v) is 2.52. The maximum absolute atomic E-state index is 13.9. The first-order chi connectivity index (χ1) is 9.22. The molecule has 1 aromatic heterocycles. The van der Waals surface area contributed by atoms with Gasteiger partial charge in [-0.3, -0.25) is 4.79 Å². The zero-order chi connectivity index (χ0) is 13.7. The largest absolute Gasteiger partial charge is 0.371 e. The number of amides is 1. The third-order valence-electron chi connectivity index (χ3n) is 3.65. The van der Waals surface area contributed by atoms with Crippen LogP contribution >= 0.6 is 0 Å². The molecule has 0 atom stereocenters. The summed E-state index contributed by atoms with van der Waals surface area (Å²) in [6, 6.07) is 1.41. The van der Waals surface area contributed by atoms with Gasteiger partial charge in [-0.15, -0.1) is 0 Å². The van der Waals surface area contributed by atoms with Crippen LogP contribution in [0.4, 0.5) is 10.2 Å². The van der Waals surface area contributed by atoms with Crippen molar-refractivity contribution < 1.29 is 9.18 Å². The fourth-order valence-electron chi connectivity index (χ4n) is 2.52. The highest BCUT2D eigenvalue weighted by Crippen LogP contribution is 2.23. The summed E-state index contributed by atoms with van der Waals surface area (Å²) in [5.41, 5.74) is 0.0511. The van der Waals surface area contributed by atoms with Crippen molar-refractivity contribution >= 4 is 11.7 Å². The number of hydrogen-bond donors (Lipinski definition) is 2. The summed E-state index contributed by atoms with van der Waals surface area (Å²) in [5.74, 6) is -0.315. The highest BCUT2D eigenvalue weighted by atomic mass is 19.1. The molecule has 2 rings (SSSR count). The van der Waals surface area contributed by atoms with E-state index in [1.54, 1.807) is 7.05 Å². The molecular weight excluding hydrogens is 245 g/mol. The number of nitrogens with one attached hydrogen (secondary N) is 2. The number of halogens is 1. The molecule has 1 amide bonds. The van der Waals surface area contributed by atoms with Gasteiger partial charge in [0.25, 0.3) is 5.91 Å². The second-order valence-electron chi connectivity index (χ2n) is 4.99. The average molecular weight is 265 g/mol. The van der Waals surface area contributed by atoms with Crippen LogP contribution in [-0.4, -0.2) is 24.5 Å². The Kier molecular flexibility index (Phi) is 4.71. The number of carbonyl (C=O) groups excluding carboxylic acids is 1. The van der Waals surface area contributed by atoms with Crippen molar-refractivity contribution in [2.24, 2.45) is 5.92 Å². The van der Waals surface area contributed by atoms with E-state index < -0.39 is 5.82 Å². The van der Waals surface area contributed by atoms with Crippen LogP contribution in [0.2, 0.25) is 0 Å². The minimum Gasteiger partial charge on any atom is -0.371 e. The van der Waals surface area contributed by atoms with Gasteiger partial charge in [0.05, 0.1) is 5.56 Å². The summed E-state index contributed by atoms with van der Waals surface area (Å²) in [7, 11) is 1.58. The van der Waals surface area contributed by atoms with Crippen molar-refractivity contribution in [3.05, 3.63) is 23.6 Å². The number of aromatic nitrogens is 1. The molecule has 0 aliphatic heterocycles. The molecule has 1 aromatic rings. The highest BCUT2D eigenvalue weighted by molar-refractivity contribution is 5.95. The second kappa shape index (κ2) is 6.50. The Morgan fingerprint density at radius 1 is 1.42 bits per heavy atom. The molecule has 2 N–H and O–H groups in total. The average Bonchev–Trinajstić information content (AvgIpc) is 2.46. The second-order valence-corrected chi connectivity index (χ2v) is 4.99. The van der Waals surface area contributed by atoms with Crippen molar-refractivity contribution in [2.45, 2.75) is 32.1 Å². The number of carbonyl (C=O) groups is 1. The van der Waals surface area contributed by atoms with Gasteiger partial charge >= 0.3 is 0 Å². The van der Waals surface area contributed by atoms with Gasteiger partial charge in [-0.25, -0.2) is 9.37 Å². The molecule has 1 aliphatic rings. The molecule has 1 aliphatic carbocycles. The third-order valence-corrected chi connectivity index (χ3v) is 3.65. The Balaban J connectivity index is 1.95. The zero-order valence-corrected chi connectivity index (χ0v) is 11.2. The number of anilines is 1. The van der Waals surface area contributed by atoms with Gasteiger partial charge < -0.3 is 10.6 Å². The van der Waals surface area contributed by atoms with Crippen LogP contribution < -0.4 is 10.6 Å². The summed E-state index contributed by atoms with van der Waals surface area (Å²) in [5, 5.41) is 5.46. The lowest BCUT2D eigenvalue weighted by atomic mass is 9.89. The Hall–Kier alpha value is -1.65. The number of nitrogens with zero attached hydrogens (tertiary/aromatic N) is 1. The SMILES string of the molecule is CNc1nccc(C(=O)NCC2CCCCC2)c1F. The molecule has 0 radical (unpaired) electrons. The van der Waals surface area contributed by atoms with Crippen LogP contribution in [0.3, 0.4) is 0 Å². The molecule has 1 heterocycles.